The molecular weight excluding hydrogens is 348 g/mol. The van der Waals surface area contributed by atoms with Gasteiger partial charge in [-0.25, -0.2) is 0 Å². The third kappa shape index (κ3) is 4.33. The average Bonchev–Trinajstić information content (AvgIpc) is 2.90. The third-order valence-electron chi connectivity index (χ3n) is 4.71. The first-order valence-electron chi connectivity index (χ1n) is 8.77. The zero-order chi connectivity index (χ0) is 17.8. The first kappa shape index (κ1) is 18.2. The summed E-state index contributed by atoms with van der Waals surface area (Å²) in [6.45, 7) is 0. The molecule has 2 aliphatic rings. The molecule has 1 saturated carbocycles. The fourth-order valence-corrected chi connectivity index (χ4v) is 4.63. The molecule has 1 saturated heterocycles. The van der Waals surface area contributed by atoms with Gasteiger partial charge in [0.15, 0.2) is 0 Å². The SMILES string of the molecule is CN(C)c1ccc(/C=C/C=C2\SC(=S)N(C3CCCCC3)C2=O)cc1. The second-order valence-electron chi connectivity index (χ2n) is 6.71. The number of anilines is 1. The van der Waals surface area contributed by atoms with Crippen molar-refractivity contribution in [2.45, 2.75) is 38.1 Å². The molecule has 1 aromatic carbocycles. The van der Waals surface area contributed by atoms with E-state index in [-0.39, 0.29) is 5.91 Å². The van der Waals surface area contributed by atoms with Gasteiger partial charge in [-0.2, -0.15) is 0 Å². The summed E-state index contributed by atoms with van der Waals surface area (Å²) in [6, 6.07) is 8.62. The fraction of sp³-hybridized carbons (Fsp3) is 0.400. The van der Waals surface area contributed by atoms with Crippen LogP contribution in [0, 0.1) is 0 Å². The first-order chi connectivity index (χ1) is 12.1. The zero-order valence-corrected chi connectivity index (χ0v) is 16.4. The van der Waals surface area contributed by atoms with Crippen molar-refractivity contribution in [1.82, 2.24) is 4.90 Å². The van der Waals surface area contributed by atoms with Crippen molar-refractivity contribution in [3.8, 4) is 0 Å². The molecule has 0 spiro atoms. The van der Waals surface area contributed by atoms with Crippen LogP contribution < -0.4 is 4.90 Å². The Balaban J connectivity index is 1.67. The van der Waals surface area contributed by atoms with Gasteiger partial charge in [-0.1, -0.05) is 67.5 Å². The number of thioether (sulfide) groups is 1. The van der Waals surface area contributed by atoms with E-state index in [4.69, 9.17) is 12.2 Å². The Morgan fingerprint density at radius 1 is 1.16 bits per heavy atom. The van der Waals surface area contributed by atoms with E-state index >= 15 is 0 Å². The number of hydrogen-bond donors (Lipinski definition) is 0. The predicted molar refractivity (Wildman–Crippen MR) is 112 cm³/mol. The van der Waals surface area contributed by atoms with Crippen LogP contribution in [0.4, 0.5) is 5.69 Å². The molecule has 0 unspecified atom stereocenters. The molecule has 1 aliphatic carbocycles. The highest BCUT2D eigenvalue weighted by molar-refractivity contribution is 8.26. The van der Waals surface area contributed by atoms with E-state index < -0.39 is 0 Å². The molecule has 3 nitrogen and oxygen atoms in total. The van der Waals surface area contributed by atoms with Crippen LogP contribution in [-0.2, 0) is 4.79 Å². The van der Waals surface area contributed by atoms with Crippen LogP contribution in [-0.4, -0.2) is 35.3 Å². The Labute approximate surface area is 159 Å². The lowest BCUT2D eigenvalue weighted by Gasteiger charge is -2.29. The van der Waals surface area contributed by atoms with Gasteiger partial charge in [0.25, 0.3) is 5.91 Å². The molecule has 1 aliphatic heterocycles. The molecule has 0 aromatic heterocycles. The second-order valence-corrected chi connectivity index (χ2v) is 8.39. The van der Waals surface area contributed by atoms with Gasteiger partial charge in [0, 0.05) is 25.8 Å². The van der Waals surface area contributed by atoms with E-state index in [1.165, 1.54) is 36.7 Å². The number of allylic oxidation sites excluding steroid dienone is 2. The summed E-state index contributed by atoms with van der Waals surface area (Å²) in [5.41, 5.74) is 2.29. The van der Waals surface area contributed by atoms with Crippen LogP contribution in [0.15, 0.2) is 41.3 Å². The predicted octanol–water partition coefficient (Wildman–Crippen LogP) is 4.84. The summed E-state index contributed by atoms with van der Waals surface area (Å²) >= 11 is 6.88. The van der Waals surface area contributed by atoms with E-state index in [9.17, 15) is 4.79 Å². The van der Waals surface area contributed by atoms with Crippen LogP contribution >= 0.6 is 24.0 Å². The summed E-state index contributed by atoms with van der Waals surface area (Å²) in [5, 5.41) is 0. The number of thiocarbonyl (C=S) groups is 1. The van der Waals surface area contributed by atoms with Gasteiger partial charge >= 0.3 is 0 Å². The molecule has 0 atom stereocenters. The molecular formula is C20H24N2OS2. The largest absolute Gasteiger partial charge is 0.378 e. The van der Waals surface area contributed by atoms with Crippen LogP contribution in [0.2, 0.25) is 0 Å². The van der Waals surface area contributed by atoms with Crippen LogP contribution in [0.3, 0.4) is 0 Å². The Morgan fingerprint density at radius 3 is 2.48 bits per heavy atom. The average molecular weight is 373 g/mol. The maximum absolute atomic E-state index is 12.7. The van der Waals surface area contributed by atoms with Gasteiger partial charge in [-0.3, -0.25) is 9.69 Å². The molecule has 5 heteroatoms. The molecule has 1 heterocycles. The highest BCUT2D eigenvalue weighted by Crippen LogP contribution is 2.36. The topological polar surface area (TPSA) is 23.6 Å². The number of carbonyl (C=O) groups is 1. The number of rotatable bonds is 4. The van der Waals surface area contributed by atoms with E-state index in [0.29, 0.717) is 10.4 Å². The Bertz CT molecular complexity index is 701. The van der Waals surface area contributed by atoms with Crippen molar-refractivity contribution < 1.29 is 4.79 Å². The number of hydrogen-bond acceptors (Lipinski definition) is 4. The van der Waals surface area contributed by atoms with E-state index in [0.717, 1.165) is 23.3 Å². The Hall–Kier alpha value is -1.59. The molecule has 1 aromatic rings. The van der Waals surface area contributed by atoms with Crippen molar-refractivity contribution in [3.63, 3.8) is 0 Å². The van der Waals surface area contributed by atoms with Crippen LogP contribution in [0.25, 0.3) is 6.08 Å². The molecule has 0 N–H and O–H groups in total. The van der Waals surface area contributed by atoms with Gasteiger partial charge in [-0.15, -0.1) is 0 Å². The number of benzene rings is 1. The quantitative estimate of drug-likeness (QED) is 0.557. The molecule has 1 amide bonds. The summed E-state index contributed by atoms with van der Waals surface area (Å²) in [4.78, 5) is 17.3. The van der Waals surface area contributed by atoms with Crippen LogP contribution in [0.1, 0.15) is 37.7 Å². The van der Waals surface area contributed by atoms with Crippen molar-refractivity contribution in [3.05, 3.63) is 46.9 Å². The Morgan fingerprint density at radius 2 is 1.84 bits per heavy atom. The monoisotopic (exact) mass is 372 g/mol. The molecule has 3 rings (SSSR count). The lowest BCUT2D eigenvalue weighted by molar-refractivity contribution is -0.124. The van der Waals surface area contributed by atoms with Gasteiger partial charge in [-0.05, 0) is 36.6 Å². The summed E-state index contributed by atoms with van der Waals surface area (Å²) < 4.78 is 0.715. The number of carbonyl (C=O) groups excluding carboxylic acids is 1. The van der Waals surface area contributed by atoms with Crippen molar-refractivity contribution in [2.75, 3.05) is 19.0 Å². The van der Waals surface area contributed by atoms with Gasteiger partial charge in [0.1, 0.15) is 4.32 Å². The second kappa shape index (κ2) is 8.19. The normalized spacial score (nSPS) is 20.9. The van der Waals surface area contributed by atoms with Gasteiger partial charge in [0.05, 0.1) is 4.91 Å². The van der Waals surface area contributed by atoms with Crippen molar-refractivity contribution in [1.29, 1.82) is 0 Å². The molecule has 2 fully saturated rings. The minimum atomic E-state index is 0.0782. The summed E-state index contributed by atoms with van der Waals surface area (Å²) in [5.74, 6) is 0.0782. The number of amides is 1. The molecule has 25 heavy (non-hydrogen) atoms. The molecule has 0 bridgehead atoms. The maximum Gasteiger partial charge on any atom is 0.266 e. The third-order valence-corrected chi connectivity index (χ3v) is 6.06. The standard InChI is InChI=1S/C20H24N2OS2/c1-21(2)16-13-11-15(12-14-16)7-6-10-18-19(23)22(20(24)25-18)17-8-4-3-5-9-17/h6-7,10-14,17H,3-5,8-9H2,1-2H3/b7-6+,18-10-. The van der Waals surface area contributed by atoms with Crippen molar-refractivity contribution >= 4 is 46.0 Å². The zero-order valence-electron chi connectivity index (χ0n) is 14.8. The summed E-state index contributed by atoms with van der Waals surface area (Å²) in [7, 11) is 4.05. The minimum absolute atomic E-state index is 0.0782. The minimum Gasteiger partial charge on any atom is -0.378 e. The molecule has 132 valence electrons. The first-order valence-corrected chi connectivity index (χ1v) is 10.00. The highest BCUT2D eigenvalue weighted by Gasteiger charge is 2.37. The Kier molecular flexibility index (Phi) is 5.97. The van der Waals surface area contributed by atoms with E-state index in [2.05, 4.69) is 29.2 Å². The van der Waals surface area contributed by atoms with Crippen molar-refractivity contribution in [2.24, 2.45) is 0 Å². The van der Waals surface area contributed by atoms with E-state index in [1.807, 2.05) is 37.2 Å². The van der Waals surface area contributed by atoms with E-state index in [1.54, 1.807) is 0 Å². The maximum atomic E-state index is 12.7. The molecule has 0 radical (unpaired) electrons. The van der Waals surface area contributed by atoms with Crippen LogP contribution in [0.5, 0.6) is 0 Å². The van der Waals surface area contributed by atoms with Gasteiger partial charge < -0.3 is 4.90 Å². The lowest BCUT2D eigenvalue weighted by atomic mass is 9.94. The summed E-state index contributed by atoms with van der Waals surface area (Å²) in [6.07, 6.45) is 11.7. The number of nitrogens with zero attached hydrogens (tertiary/aromatic N) is 2. The smallest absolute Gasteiger partial charge is 0.266 e. The fourth-order valence-electron chi connectivity index (χ4n) is 3.28. The lowest BCUT2D eigenvalue weighted by Crippen LogP contribution is -2.39. The highest BCUT2D eigenvalue weighted by atomic mass is 32.2. The van der Waals surface area contributed by atoms with Gasteiger partial charge in [0.2, 0.25) is 0 Å².